The molecule has 1 aromatic carbocycles. The van der Waals surface area contributed by atoms with Gasteiger partial charge in [0.25, 0.3) is 0 Å². The van der Waals surface area contributed by atoms with Crippen LogP contribution in [0.5, 0.6) is 0 Å². The Hall–Kier alpha value is -1.88. The van der Waals surface area contributed by atoms with Crippen molar-refractivity contribution < 1.29 is 19.4 Å². The number of esters is 1. The monoisotopic (exact) mass is 251 g/mol. The van der Waals surface area contributed by atoms with Gasteiger partial charge in [-0.15, -0.1) is 0 Å². The number of benzene rings is 1. The quantitative estimate of drug-likeness (QED) is 0.586. The number of ether oxygens (including phenoxy) is 1. The van der Waals surface area contributed by atoms with Crippen molar-refractivity contribution >= 4 is 17.6 Å². The van der Waals surface area contributed by atoms with Crippen molar-refractivity contribution in [1.29, 1.82) is 0 Å². The number of aliphatic hydroxyl groups is 1. The van der Waals surface area contributed by atoms with Crippen molar-refractivity contribution in [2.24, 2.45) is 0 Å². The third-order valence-corrected chi connectivity index (χ3v) is 2.25. The summed E-state index contributed by atoms with van der Waals surface area (Å²) in [6, 6.07) is 7.09. The average molecular weight is 251 g/mol. The molecule has 0 radical (unpaired) electrons. The molecule has 2 N–H and O–H groups in total. The summed E-state index contributed by atoms with van der Waals surface area (Å²) in [5.41, 5.74) is 1.60. The normalized spacial score (nSPS) is 9.89. The van der Waals surface area contributed by atoms with Crippen molar-refractivity contribution in [3.63, 3.8) is 0 Å². The molecular weight excluding hydrogens is 234 g/mol. The van der Waals surface area contributed by atoms with E-state index in [2.05, 4.69) is 10.1 Å². The molecule has 0 fully saturated rings. The van der Waals surface area contributed by atoms with E-state index in [-0.39, 0.29) is 19.6 Å². The molecule has 0 aliphatic carbocycles. The maximum absolute atomic E-state index is 11.5. The van der Waals surface area contributed by atoms with Gasteiger partial charge < -0.3 is 15.2 Å². The minimum absolute atomic E-state index is 0.0918. The highest BCUT2D eigenvalue weighted by Crippen LogP contribution is 2.10. The number of hydrogen-bond donors (Lipinski definition) is 2. The Bertz CT molecular complexity index is 400. The first-order valence-electron chi connectivity index (χ1n) is 5.81. The van der Waals surface area contributed by atoms with Gasteiger partial charge in [-0.3, -0.25) is 9.59 Å². The molecule has 1 amide bonds. The number of hydrogen-bond acceptors (Lipinski definition) is 4. The van der Waals surface area contributed by atoms with Crippen molar-refractivity contribution in [2.75, 3.05) is 18.5 Å². The zero-order chi connectivity index (χ0) is 13.4. The van der Waals surface area contributed by atoms with Crippen molar-refractivity contribution in [3.05, 3.63) is 29.8 Å². The number of nitrogens with one attached hydrogen (secondary N) is 1. The summed E-state index contributed by atoms with van der Waals surface area (Å²) in [5.74, 6) is -0.935. The molecule has 0 saturated heterocycles. The summed E-state index contributed by atoms with van der Waals surface area (Å²) < 4.78 is 4.67. The number of rotatable bonds is 6. The first-order valence-corrected chi connectivity index (χ1v) is 5.81. The molecule has 0 unspecified atom stereocenters. The van der Waals surface area contributed by atoms with Gasteiger partial charge in [-0.1, -0.05) is 12.1 Å². The number of carbonyl (C=O) groups is 2. The van der Waals surface area contributed by atoms with Crippen LogP contribution in [0.3, 0.4) is 0 Å². The smallest absolute Gasteiger partial charge is 0.315 e. The summed E-state index contributed by atoms with van der Waals surface area (Å²) in [5, 5.41) is 11.4. The minimum atomic E-state index is -0.535. The van der Waals surface area contributed by atoms with Crippen LogP contribution in [0.1, 0.15) is 18.9 Å². The van der Waals surface area contributed by atoms with E-state index in [4.69, 9.17) is 5.11 Å². The van der Waals surface area contributed by atoms with Gasteiger partial charge in [0.1, 0.15) is 6.42 Å². The third-order valence-electron chi connectivity index (χ3n) is 2.25. The Balaban J connectivity index is 2.46. The zero-order valence-electron chi connectivity index (χ0n) is 10.3. The van der Waals surface area contributed by atoms with Gasteiger partial charge in [0.15, 0.2) is 0 Å². The van der Waals surface area contributed by atoms with Gasteiger partial charge >= 0.3 is 5.97 Å². The van der Waals surface area contributed by atoms with Crippen LogP contribution in [0.25, 0.3) is 0 Å². The molecular formula is C13H17NO4. The minimum Gasteiger partial charge on any atom is -0.466 e. The Kier molecular flexibility index (Phi) is 5.87. The van der Waals surface area contributed by atoms with E-state index in [9.17, 15) is 9.59 Å². The maximum Gasteiger partial charge on any atom is 0.315 e. The molecule has 5 heteroatoms. The second-order valence-corrected chi connectivity index (χ2v) is 3.70. The molecule has 0 heterocycles. The molecule has 0 aliphatic heterocycles. The highest BCUT2D eigenvalue weighted by molar-refractivity contribution is 6.01. The van der Waals surface area contributed by atoms with Gasteiger partial charge in [-0.2, -0.15) is 0 Å². The van der Waals surface area contributed by atoms with E-state index in [1.165, 1.54) is 0 Å². The predicted molar refractivity (Wildman–Crippen MR) is 67.1 cm³/mol. The average Bonchev–Trinajstić information content (AvgIpc) is 2.32. The molecule has 0 bridgehead atoms. The number of aliphatic hydroxyl groups excluding tert-OH is 1. The van der Waals surface area contributed by atoms with Crippen LogP contribution >= 0.6 is 0 Å². The van der Waals surface area contributed by atoms with E-state index in [0.29, 0.717) is 12.1 Å². The van der Waals surface area contributed by atoms with Crippen molar-refractivity contribution in [2.45, 2.75) is 19.8 Å². The first kappa shape index (κ1) is 14.2. The largest absolute Gasteiger partial charge is 0.466 e. The third kappa shape index (κ3) is 4.97. The lowest BCUT2D eigenvalue weighted by molar-refractivity contribution is -0.145. The summed E-state index contributed by atoms with van der Waals surface area (Å²) in [6.07, 6.45) is 0.295. The van der Waals surface area contributed by atoms with Crippen LogP contribution in [0.2, 0.25) is 0 Å². The molecule has 5 nitrogen and oxygen atoms in total. The number of anilines is 1. The summed E-state index contributed by atoms with van der Waals surface area (Å²) in [7, 11) is 0. The van der Waals surface area contributed by atoms with Gasteiger partial charge in [0, 0.05) is 12.3 Å². The van der Waals surface area contributed by atoms with Crippen LogP contribution in [0.4, 0.5) is 5.69 Å². The lowest BCUT2D eigenvalue weighted by Crippen LogP contribution is -2.18. The fourth-order valence-corrected chi connectivity index (χ4v) is 1.43. The molecule has 0 atom stereocenters. The van der Waals surface area contributed by atoms with E-state index in [0.717, 1.165) is 5.56 Å². The second-order valence-electron chi connectivity index (χ2n) is 3.70. The zero-order valence-corrected chi connectivity index (χ0v) is 10.3. The molecule has 1 rings (SSSR count). The van der Waals surface area contributed by atoms with Gasteiger partial charge in [-0.05, 0) is 31.0 Å². The lowest BCUT2D eigenvalue weighted by Gasteiger charge is -2.06. The van der Waals surface area contributed by atoms with Gasteiger partial charge in [0.05, 0.1) is 6.61 Å². The molecule has 18 heavy (non-hydrogen) atoms. The molecule has 0 aromatic heterocycles. The highest BCUT2D eigenvalue weighted by Gasteiger charge is 2.10. The van der Waals surface area contributed by atoms with Crippen molar-refractivity contribution in [1.82, 2.24) is 0 Å². The topological polar surface area (TPSA) is 75.6 Å². The SMILES string of the molecule is CCOC(=O)CC(=O)Nc1ccc(CCO)cc1. The van der Waals surface area contributed by atoms with Crippen molar-refractivity contribution in [3.8, 4) is 0 Å². The van der Waals surface area contributed by atoms with E-state index >= 15 is 0 Å². The standard InChI is InChI=1S/C13H17NO4/c1-2-18-13(17)9-12(16)14-11-5-3-10(4-6-11)7-8-15/h3-6,15H,2,7-9H2,1H3,(H,14,16). The van der Waals surface area contributed by atoms with Crippen LogP contribution in [0.15, 0.2) is 24.3 Å². The number of carbonyl (C=O) groups excluding carboxylic acids is 2. The molecule has 0 saturated carbocycles. The van der Waals surface area contributed by atoms with E-state index in [1.807, 2.05) is 12.1 Å². The van der Waals surface area contributed by atoms with Crippen LogP contribution in [-0.2, 0) is 20.7 Å². The Morgan fingerprint density at radius 1 is 1.28 bits per heavy atom. The Morgan fingerprint density at radius 2 is 1.94 bits per heavy atom. The summed E-state index contributed by atoms with van der Waals surface area (Å²) >= 11 is 0. The maximum atomic E-state index is 11.5. The highest BCUT2D eigenvalue weighted by atomic mass is 16.5. The summed E-state index contributed by atoms with van der Waals surface area (Å²) in [6.45, 7) is 2.05. The predicted octanol–water partition coefficient (Wildman–Crippen LogP) is 1.11. The molecule has 0 spiro atoms. The van der Waals surface area contributed by atoms with E-state index in [1.54, 1.807) is 19.1 Å². The Labute approximate surface area is 106 Å². The van der Waals surface area contributed by atoms with Crippen LogP contribution in [-0.4, -0.2) is 30.2 Å². The summed E-state index contributed by atoms with van der Waals surface area (Å²) in [4.78, 5) is 22.5. The van der Waals surface area contributed by atoms with Crippen LogP contribution in [0, 0.1) is 0 Å². The van der Waals surface area contributed by atoms with Gasteiger partial charge in [-0.25, -0.2) is 0 Å². The molecule has 0 aliphatic rings. The van der Waals surface area contributed by atoms with Gasteiger partial charge in [0.2, 0.25) is 5.91 Å². The van der Waals surface area contributed by atoms with E-state index < -0.39 is 11.9 Å². The Morgan fingerprint density at radius 3 is 2.50 bits per heavy atom. The first-order chi connectivity index (χ1) is 8.65. The number of amides is 1. The van der Waals surface area contributed by atoms with Crippen LogP contribution < -0.4 is 5.32 Å². The molecule has 1 aromatic rings. The fourth-order valence-electron chi connectivity index (χ4n) is 1.43. The molecule has 98 valence electrons. The fraction of sp³-hybridized carbons (Fsp3) is 0.385. The second kappa shape index (κ2) is 7.45. The lowest BCUT2D eigenvalue weighted by atomic mass is 10.1.